The van der Waals surface area contributed by atoms with Crippen molar-refractivity contribution in [1.29, 1.82) is 0 Å². The summed E-state index contributed by atoms with van der Waals surface area (Å²) in [5, 5.41) is 0. The first-order valence-corrected chi connectivity index (χ1v) is 6.61. The maximum absolute atomic E-state index is 12.2. The Morgan fingerprint density at radius 3 is 2.50 bits per heavy atom. The third kappa shape index (κ3) is 3.21. The van der Waals surface area contributed by atoms with Crippen LogP contribution in [-0.4, -0.2) is 39.4 Å². The van der Waals surface area contributed by atoms with Crippen LogP contribution in [0.4, 0.5) is 5.69 Å². The average Bonchev–Trinajstić information content (AvgIpc) is 2.27. The molecule has 0 heterocycles. The topological polar surface area (TPSA) is 89.7 Å². The number of likely N-dealkylation sites (N-methyl/N-ethyl adjacent to an activating group) is 1. The number of ether oxygens (including phenoxy) is 1. The van der Waals surface area contributed by atoms with E-state index in [-0.39, 0.29) is 11.4 Å². The standard InChI is InChI=1S/C11H16N2O4S/c1-8-4-9(12)6-10(5-8)18(15,16)13(2)7-11(14)17-3/h4-6H,7,12H2,1-3H3. The number of methoxy groups -OCH3 is 1. The van der Waals surface area contributed by atoms with Crippen LogP contribution in [0.5, 0.6) is 0 Å². The van der Waals surface area contributed by atoms with E-state index in [1.54, 1.807) is 13.0 Å². The highest BCUT2D eigenvalue weighted by atomic mass is 32.2. The molecule has 6 nitrogen and oxygen atoms in total. The number of aryl methyl sites for hydroxylation is 1. The van der Waals surface area contributed by atoms with Crippen molar-refractivity contribution in [3.8, 4) is 0 Å². The summed E-state index contributed by atoms with van der Waals surface area (Å²) in [5.41, 5.74) is 6.71. The lowest BCUT2D eigenvalue weighted by atomic mass is 10.2. The van der Waals surface area contributed by atoms with Gasteiger partial charge in [0.05, 0.1) is 12.0 Å². The number of anilines is 1. The average molecular weight is 272 g/mol. The molecule has 0 saturated heterocycles. The van der Waals surface area contributed by atoms with Gasteiger partial charge in [0, 0.05) is 12.7 Å². The second-order valence-corrected chi connectivity index (χ2v) is 5.96. The van der Waals surface area contributed by atoms with Crippen molar-refractivity contribution in [2.24, 2.45) is 0 Å². The molecule has 0 aliphatic heterocycles. The number of nitrogen functional groups attached to an aromatic ring is 1. The Bertz CT molecular complexity index is 534. The summed E-state index contributed by atoms with van der Waals surface area (Å²) < 4.78 is 29.7. The molecule has 2 N–H and O–H groups in total. The van der Waals surface area contributed by atoms with Crippen molar-refractivity contribution >= 4 is 21.7 Å². The molecule has 18 heavy (non-hydrogen) atoms. The first-order valence-electron chi connectivity index (χ1n) is 5.17. The van der Waals surface area contributed by atoms with Gasteiger partial charge >= 0.3 is 5.97 Å². The van der Waals surface area contributed by atoms with Gasteiger partial charge in [0.15, 0.2) is 0 Å². The minimum Gasteiger partial charge on any atom is -0.468 e. The molecular weight excluding hydrogens is 256 g/mol. The molecule has 7 heteroatoms. The van der Waals surface area contributed by atoms with Crippen LogP contribution in [0.15, 0.2) is 23.1 Å². The Morgan fingerprint density at radius 1 is 1.39 bits per heavy atom. The molecule has 0 aliphatic carbocycles. The fraction of sp³-hybridized carbons (Fsp3) is 0.364. The van der Waals surface area contributed by atoms with Crippen LogP contribution < -0.4 is 5.73 Å². The second kappa shape index (κ2) is 5.36. The highest BCUT2D eigenvalue weighted by molar-refractivity contribution is 7.89. The van der Waals surface area contributed by atoms with E-state index in [4.69, 9.17) is 5.73 Å². The molecule has 0 amide bonds. The summed E-state index contributed by atoms with van der Waals surface area (Å²) in [6, 6.07) is 4.52. The number of rotatable bonds is 4. The molecule has 0 radical (unpaired) electrons. The zero-order valence-corrected chi connectivity index (χ0v) is 11.3. The minimum absolute atomic E-state index is 0.0615. The van der Waals surface area contributed by atoms with Crippen molar-refractivity contribution in [1.82, 2.24) is 4.31 Å². The molecule has 0 bridgehead atoms. The predicted molar refractivity (Wildman–Crippen MR) is 67.4 cm³/mol. The highest BCUT2D eigenvalue weighted by Gasteiger charge is 2.23. The molecule has 1 aromatic rings. The molecule has 0 saturated carbocycles. The number of carbonyl (C=O) groups is 1. The maximum atomic E-state index is 12.2. The monoisotopic (exact) mass is 272 g/mol. The van der Waals surface area contributed by atoms with Crippen molar-refractivity contribution in [3.63, 3.8) is 0 Å². The number of carbonyl (C=O) groups excluding carboxylic acids is 1. The number of sulfonamides is 1. The third-order valence-corrected chi connectivity index (χ3v) is 4.14. The Labute approximate surface area is 106 Å². The van der Waals surface area contributed by atoms with Crippen molar-refractivity contribution in [2.75, 3.05) is 26.4 Å². The van der Waals surface area contributed by atoms with Crippen LogP contribution >= 0.6 is 0 Å². The zero-order valence-electron chi connectivity index (χ0n) is 10.5. The van der Waals surface area contributed by atoms with Gasteiger partial charge in [-0.05, 0) is 30.7 Å². The van der Waals surface area contributed by atoms with Crippen LogP contribution in [0.3, 0.4) is 0 Å². The number of nitrogens with zero attached hydrogens (tertiary/aromatic N) is 1. The number of hydrogen-bond donors (Lipinski definition) is 1. The Hall–Kier alpha value is -1.60. The van der Waals surface area contributed by atoms with Gasteiger partial charge in [-0.2, -0.15) is 4.31 Å². The minimum atomic E-state index is -3.74. The molecule has 100 valence electrons. The Balaban J connectivity index is 3.09. The van der Waals surface area contributed by atoms with Crippen molar-refractivity contribution < 1.29 is 17.9 Å². The van der Waals surface area contributed by atoms with Crippen LogP contribution in [0.1, 0.15) is 5.56 Å². The Morgan fingerprint density at radius 2 is 2.00 bits per heavy atom. The first kappa shape index (κ1) is 14.5. The summed E-state index contributed by atoms with van der Waals surface area (Å²) in [7, 11) is -1.22. The van der Waals surface area contributed by atoms with Gasteiger partial charge in [0.25, 0.3) is 0 Å². The van der Waals surface area contributed by atoms with Gasteiger partial charge in [-0.25, -0.2) is 8.42 Å². The molecule has 0 unspecified atom stereocenters. The summed E-state index contributed by atoms with van der Waals surface area (Å²) >= 11 is 0. The number of hydrogen-bond acceptors (Lipinski definition) is 5. The van der Waals surface area contributed by atoms with E-state index in [2.05, 4.69) is 4.74 Å². The van der Waals surface area contributed by atoms with E-state index >= 15 is 0 Å². The van der Waals surface area contributed by atoms with Crippen molar-refractivity contribution in [3.05, 3.63) is 23.8 Å². The van der Waals surface area contributed by atoms with E-state index in [0.29, 0.717) is 5.69 Å². The van der Waals surface area contributed by atoms with Gasteiger partial charge in [-0.1, -0.05) is 0 Å². The van der Waals surface area contributed by atoms with Gasteiger partial charge in [-0.15, -0.1) is 0 Å². The van der Waals surface area contributed by atoms with Crippen LogP contribution in [-0.2, 0) is 19.6 Å². The fourth-order valence-corrected chi connectivity index (χ4v) is 2.69. The van der Waals surface area contributed by atoms with Gasteiger partial charge in [0.1, 0.15) is 6.54 Å². The van der Waals surface area contributed by atoms with E-state index in [9.17, 15) is 13.2 Å². The lowest BCUT2D eigenvalue weighted by molar-refractivity contribution is -0.140. The van der Waals surface area contributed by atoms with E-state index < -0.39 is 16.0 Å². The highest BCUT2D eigenvalue weighted by Crippen LogP contribution is 2.19. The fourth-order valence-electron chi connectivity index (χ4n) is 1.44. The summed E-state index contributed by atoms with van der Waals surface area (Å²) in [4.78, 5) is 11.1. The summed E-state index contributed by atoms with van der Waals surface area (Å²) in [6.45, 7) is 1.41. The molecular formula is C11H16N2O4S. The van der Waals surface area contributed by atoms with E-state index in [0.717, 1.165) is 9.87 Å². The Kier molecular flexibility index (Phi) is 4.31. The normalized spacial score (nSPS) is 11.6. The molecule has 1 aromatic carbocycles. The van der Waals surface area contributed by atoms with Crippen molar-refractivity contribution in [2.45, 2.75) is 11.8 Å². The number of nitrogens with two attached hydrogens (primary N) is 1. The predicted octanol–water partition coefficient (Wildman–Crippen LogP) is 0.371. The van der Waals surface area contributed by atoms with Crippen LogP contribution in [0.2, 0.25) is 0 Å². The summed E-state index contributed by atoms with van der Waals surface area (Å²) in [6.07, 6.45) is 0. The molecule has 0 spiro atoms. The zero-order chi connectivity index (χ0) is 13.9. The second-order valence-electron chi connectivity index (χ2n) is 3.92. The van der Waals surface area contributed by atoms with Crippen LogP contribution in [0.25, 0.3) is 0 Å². The van der Waals surface area contributed by atoms with Gasteiger partial charge in [-0.3, -0.25) is 4.79 Å². The third-order valence-electron chi connectivity index (χ3n) is 2.36. The largest absolute Gasteiger partial charge is 0.468 e. The van der Waals surface area contributed by atoms with Gasteiger partial charge in [0.2, 0.25) is 10.0 Å². The molecule has 0 aliphatic rings. The quantitative estimate of drug-likeness (QED) is 0.632. The maximum Gasteiger partial charge on any atom is 0.321 e. The van der Waals surface area contributed by atoms with Crippen LogP contribution in [0, 0.1) is 6.92 Å². The van der Waals surface area contributed by atoms with E-state index in [1.165, 1.54) is 26.3 Å². The molecule has 0 aromatic heterocycles. The molecule has 0 fully saturated rings. The summed E-state index contributed by atoms with van der Waals surface area (Å²) in [5.74, 6) is -0.623. The molecule has 0 atom stereocenters. The SMILES string of the molecule is COC(=O)CN(C)S(=O)(=O)c1cc(C)cc(N)c1. The van der Waals surface area contributed by atoms with Gasteiger partial charge < -0.3 is 10.5 Å². The number of benzene rings is 1. The van der Waals surface area contributed by atoms with E-state index in [1.807, 2.05) is 0 Å². The lowest BCUT2D eigenvalue weighted by Crippen LogP contribution is -2.32. The smallest absolute Gasteiger partial charge is 0.321 e. The molecule has 1 rings (SSSR count). The number of esters is 1. The lowest BCUT2D eigenvalue weighted by Gasteiger charge is -2.16. The first-order chi connectivity index (χ1) is 8.27.